The Labute approximate surface area is 156 Å². The molecule has 4 nitrogen and oxygen atoms in total. The fourth-order valence-electron chi connectivity index (χ4n) is 3.50. The molecular formula is C22H28N2O2. The van der Waals surface area contributed by atoms with Crippen LogP contribution >= 0.6 is 0 Å². The normalized spacial score (nSPS) is 14.5. The van der Waals surface area contributed by atoms with E-state index >= 15 is 0 Å². The highest BCUT2D eigenvalue weighted by molar-refractivity contribution is 5.78. The van der Waals surface area contributed by atoms with Gasteiger partial charge in [-0.3, -0.25) is 9.69 Å². The molecule has 0 aromatic heterocycles. The van der Waals surface area contributed by atoms with Gasteiger partial charge in [-0.2, -0.15) is 0 Å². The average molecular weight is 352 g/mol. The van der Waals surface area contributed by atoms with Crippen LogP contribution in [0.4, 0.5) is 0 Å². The summed E-state index contributed by atoms with van der Waals surface area (Å²) in [5.74, 6) is 0.933. The quantitative estimate of drug-likeness (QED) is 0.786. The number of nitrogens with one attached hydrogen (secondary N) is 1. The van der Waals surface area contributed by atoms with Crippen LogP contribution in [-0.2, 0) is 17.9 Å². The summed E-state index contributed by atoms with van der Waals surface area (Å²) in [5.41, 5.74) is 2.20. The van der Waals surface area contributed by atoms with Crippen molar-refractivity contribution >= 4 is 5.91 Å². The van der Waals surface area contributed by atoms with Gasteiger partial charge in [0.2, 0.25) is 5.91 Å². The molecule has 138 valence electrons. The van der Waals surface area contributed by atoms with E-state index in [0.29, 0.717) is 25.7 Å². The lowest BCUT2D eigenvalue weighted by Crippen LogP contribution is -2.39. The number of hydrogen-bond acceptors (Lipinski definition) is 3. The van der Waals surface area contributed by atoms with Gasteiger partial charge in [-0.1, -0.05) is 55.3 Å². The van der Waals surface area contributed by atoms with Crippen molar-refractivity contribution in [3.8, 4) is 5.75 Å². The molecule has 0 spiro atoms. The van der Waals surface area contributed by atoms with Crippen LogP contribution in [0.3, 0.4) is 0 Å². The van der Waals surface area contributed by atoms with Crippen molar-refractivity contribution < 1.29 is 9.53 Å². The van der Waals surface area contributed by atoms with Crippen LogP contribution in [0, 0.1) is 0 Å². The molecule has 1 aliphatic carbocycles. The molecule has 1 fully saturated rings. The van der Waals surface area contributed by atoms with Crippen molar-refractivity contribution in [3.05, 3.63) is 65.7 Å². The fraction of sp³-hybridized carbons (Fsp3) is 0.409. The monoisotopic (exact) mass is 352 g/mol. The maximum Gasteiger partial charge on any atom is 0.234 e. The second kappa shape index (κ2) is 9.39. The lowest BCUT2D eigenvalue weighted by molar-refractivity contribution is -0.122. The van der Waals surface area contributed by atoms with Gasteiger partial charge in [0, 0.05) is 12.6 Å². The summed E-state index contributed by atoms with van der Waals surface area (Å²) in [6.45, 7) is 1.50. The summed E-state index contributed by atoms with van der Waals surface area (Å²) in [6, 6.07) is 18.4. The molecular weight excluding hydrogens is 324 g/mol. The van der Waals surface area contributed by atoms with E-state index < -0.39 is 0 Å². The van der Waals surface area contributed by atoms with Crippen LogP contribution in [0.15, 0.2) is 54.6 Å². The Hall–Kier alpha value is -2.33. The second-order valence-electron chi connectivity index (χ2n) is 7.00. The molecule has 26 heavy (non-hydrogen) atoms. The number of nitrogens with zero attached hydrogens (tertiary/aromatic N) is 1. The summed E-state index contributed by atoms with van der Waals surface area (Å²) in [6.07, 6.45) is 4.99. The van der Waals surface area contributed by atoms with Crippen LogP contribution in [0.5, 0.6) is 5.75 Å². The Morgan fingerprint density at radius 3 is 2.42 bits per heavy atom. The Balaban J connectivity index is 1.50. The lowest BCUT2D eigenvalue weighted by Gasteiger charge is -2.23. The predicted octanol–water partition coefficient (Wildman–Crippen LogP) is 3.76. The predicted molar refractivity (Wildman–Crippen MR) is 104 cm³/mol. The number of carbonyl (C=O) groups is 1. The maximum absolute atomic E-state index is 12.3. The molecule has 0 unspecified atom stereocenters. The molecule has 0 bridgehead atoms. The number of para-hydroxylation sites is 1. The van der Waals surface area contributed by atoms with Gasteiger partial charge in [-0.05, 0) is 43.1 Å². The van der Waals surface area contributed by atoms with E-state index in [0.717, 1.165) is 16.9 Å². The SMILES string of the molecule is CN(CC(=O)NCc1ccccc1COc1ccccc1)C1CCCC1. The Bertz CT molecular complexity index is 696. The summed E-state index contributed by atoms with van der Waals surface area (Å²) >= 11 is 0. The highest BCUT2D eigenvalue weighted by Gasteiger charge is 2.21. The minimum Gasteiger partial charge on any atom is -0.489 e. The molecule has 1 aliphatic rings. The number of likely N-dealkylation sites (N-methyl/N-ethyl adjacent to an activating group) is 1. The molecule has 0 radical (unpaired) electrons. The van der Waals surface area contributed by atoms with Crippen LogP contribution < -0.4 is 10.1 Å². The molecule has 1 N–H and O–H groups in total. The summed E-state index contributed by atoms with van der Waals surface area (Å²) < 4.78 is 5.85. The van der Waals surface area contributed by atoms with E-state index in [1.165, 1.54) is 25.7 Å². The molecule has 2 aromatic rings. The first-order valence-corrected chi connectivity index (χ1v) is 9.44. The van der Waals surface area contributed by atoms with Crippen LogP contribution in [-0.4, -0.2) is 30.4 Å². The van der Waals surface area contributed by atoms with Crippen LogP contribution in [0.1, 0.15) is 36.8 Å². The summed E-state index contributed by atoms with van der Waals surface area (Å²) in [4.78, 5) is 14.5. The lowest BCUT2D eigenvalue weighted by atomic mass is 10.1. The number of rotatable bonds is 8. The van der Waals surface area contributed by atoms with Gasteiger partial charge in [-0.25, -0.2) is 0 Å². The summed E-state index contributed by atoms with van der Waals surface area (Å²) in [7, 11) is 2.05. The molecule has 0 heterocycles. The number of benzene rings is 2. The molecule has 0 saturated heterocycles. The van der Waals surface area contributed by atoms with E-state index in [1.54, 1.807) is 0 Å². The minimum atomic E-state index is 0.0816. The Morgan fingerprint density at radius 1 is 1.04 bits per heavy atom. The van der Waals surface area contributed by atoms with Crippen molar-refractivity contribution in [2.75, 3.05) is 13.6 Å². The standard InChI is InChI=1S/C22H28N2O2/c1-24(20-11-7-8-12-20)16-22(25)23-15-18-9-5-6-10-19(18)17-26-21-13-3-2-4-14-21/h2-6,9-10,13-14,20H,7-8,11-12,15-17H2,1H3,(H,23,25). The molecule has 0 aliphatic heterocycles. The van der Waals surface area contributed by atoms with E-state index in [1.807, 2.05) is 48.5 Å². The van der Waals surface area contributed by atoms with Crippen molar-refractivity contribution in [2.24, 2.45) is 0 Å². The van der Waals surface area contributed by atoms with Crippen molar-refractivity contribution in [1.29, 1.82) is 0 Å². The number of amides is 1. The second-order valence-corrected chi connectivity index (χ2v) is 7.00. The van der Waals surface area contributed by atoms with Crippen molar-refractivity contribution in [2.45, 2.75) is 44.9 Å². The average Bonchev–Trinajstić information content (AvgIpc) is 3.21. The summed E-state index contributed by atoms with van der Waals surface area (Å²) in [5, 5.41) is 3.06. The Morgan fingerprint density at radius 2 is 1.69 bits per heavy atom. The third-order valence-electron chi connectivity index (χ3n) is 5.07. The largest absolute Gasteiger partial charge is 0.489 e. The van der Waals surface area contributed by atoms with Gasteiger partial charge in [0.15, 0.2) is 0 Å². The smallest absolute Gasteiger partial charge is 0.234 e. The zero-order valence-electron chi connectivity index (χ0n) is 15.5. The Kier molecular flexibility index (Phi) is 6.67. The van der Waals surface area contributed by atoms with E-state index in [-0.39, 0.29) is 5.91 Å². The fourth-order valence-corrected chi connectivity index (χ4v) is 3.50. The topological polar surface area (TPSA) is 41.6 Å². The number of carbonyl (C=O) groups excluding carboxylic acids is 1. The van der Waals surface area contributed by atoms with Crippen LogP contribution in [0.25, 0.3) is 0 Å². The van der Waals surface area contributed by atoms with Gasteiger partial charge in [0.05, 0.1) is 6.54 Å². The molecule has 2 aromatic carbocycles. The molecule has 1 amide bonds. The van der Waals surface area contributed by atoms with E-state index in [2.05, 4.69) is 23.3 Å². The first-order valence-electron chi connectivity index (χ1n) is 9.44. The first kappa shape index (κ1) is 18.5. The van der Waals surface area contributed by atoms with Gasteiger partial charge in [0.25, 0.3) is 0 Å². The zero-order valence-corrected chi connectivity index (χ0v) is 15.5. The van der Waals surface area contributed by atoms with Crippen molar-refractivity contribution in [3.63, 3.8) is 0 Å². The molecule has 0 atom stereocenters. The van der Waals surface area contributed by atoms with Gasteiger partial charge >= 0.3 is 0 Å². The van der Waals surface area contributed by atoms with E-state index in [9.17, 15) is 4.79 Å². The highest BCUT2D eigenvalue weighted by atomic mass is 16.5. The molecule has 3 rings (SSSR count). The highest BCUT2D eigenvalue weighted by Crippen LogP contribution is 2.22. The molecule has 1 saturated carbocycles. The minimum absolute atomic E-state index is 0.0816. The zero-order chi connectivity index (χ0) is 18.2. The third kappa shape index (κ3) is 5.33. The first-order chi connectivity index (χ1) is 12.7. The maximum atomic E-state index is 12.3. The van der Waals surface area contributed by atoms with Gasteiger partial charge in [-0.15, -0.1) is 0 Å². The van der Waals surface area contributed by atoms with Gasteiger partial charge < -0.3 is 10.1 Å². The van der Waals surface area contributed by atoms with E-state index in [4.69, 9.17) is 4.74 Å². The number of hydrogen-bond donors (Lipinski definition) is 1. The van der Waals surface area contributed by atoms with Crippen LogP contribution in [0.2, 0.25) is 0 Å². The third-order valence-corrected chi connectivity index (χ3v) is 5.07. The number of ether oxygens (including phenoxy) is 1. The molecule has 4 heteroatoms. The van der Waals surface area contributed by atoms with Gasteiger partial charge in [0.1, 0.15) is 12.4 Å². The van der Waals surface area contributed by atoms with Crippen molar-refractivity contribution in [1.82, 2.24) is 10.2 Å².